The van der Waals surface area contributed by atoms with Gasteiger partial charge in [-0.25, -0.2) is 23.0 Å². The Bertz CT molecular complexity index is 587. The standard InChI is InChI=1S/C11H5F3N2O/c12-7-4-9(14)8(13)3-6(7)10-1-2-15-11(5-17)16-10/h1-4,16H. The summed E-state index contributed by atoms with van der Waals surface area (Å²) in [7, 11) is 0. The minimum Gasteiger partial charge on any atom is -0.330 e. The van der Waals surface area contributed by atoms with E-state index in [0.717, 1.165) is 0 Å². The van der Waals surface area contributed by atoms with Crippen molar-refractivity contribution < 1.29 is 18.0 Å². The predicted octanol–water partition coefficient (Wildman–Crippen LogP) is 1.79. The minimum absolute atomic E-state index is 0.106. The van der Waals surface area contributed by atoms with E-state index in [9.17, 15) is 18.0 Å². The average Bonchev–Trinajstić information content (AvgIpc) is 2.34. The number of hydrogen-bond acceptors (Lipinski definition) is 3. The maximum Gasteiger partial charge on any atom is 0.217 e. The molecule has 1 N–H and O–H groups in total. The topological polar surface area (TPSA) is 41.5 Å². The van der Waals surface area contributed by atoms with Crippen molar-refractivity contribution in [3.8, 4) is 0 Å². The largest absolute Gasteiger partial charge is 0.330 e. The highest BCUT2D eigenvalue weighted by molar-refractivity contribution is 5.88. The third-order valence-electron chi connectivity index (χ3n) is 2.09. The molecule has 0 spiro atoms. The third kappa shape index (κ3) is 2.11. The van der Waals surface area contributed by atoms with Gasteiger partial charge in [0.15, 0.2) is 17.6 Å². The van der Waals surface area contributed by atoms with Gasteiger partial charge in [0.25, 0.3) is 0 Å². The number of carbonyl (C=O) groups excluding carboxylic acids is 1. The zero-order chi connectivity index (χ0) is 12.4. The fourth-order valence-corrected chi connectivity index (χ4v) is 1.33. The SMILES string of the molecule is O=C=C1N=CC=C(c2cc(F)c(F)cc2F)N1. The van der Waals surface area contributed by atoms with E-state index in [0.29, 0.717) is 12.1 Å². The maximum atomic E-state index is 13.4. The van der Waals surface area contributed by atoms with E-state index in [-0.39, 0.29) is 17.1 Å². The molecule has 0 fully saturated rings. The summed E-state index contributed by atoms with van der Waals surface area (Å²) in [6.45, 7) is 0. The quantitative estimate of drug-likeness (QED) is 0.598. The van der Waals surface area contributed by atoms with Crippen LogP contribution in [0.4, 0.5) is 13.2 Å². The van der Waals surface area contributed by atoms with Crippen molar-refractivity contribution in [1.82, 2.24) is 5.32 Å². The van der Waals surface area contributed by atoms with Gasteiger partial charge in [0.2, 0.25) is 5.82 Å². The lowest BCUT2D eigenvalue weighted by Crippen LogP contribution is -2.16. The van der Waals surface area contributed by atoms with Gasteiger partial charge in [0, 0.05) is 17.8 Å². The van der Waals surface area contributed by atoms with Crippen molar-refractivity contribution >= 4 is 17.9 Å². The van der Waals surface area contributed by atoms with E-state index in [2.05, 4.69) is 10.3 Å². The smallest absolute Gasteiger partial charge is 0.217 e. The molecular formula is C11H5F3N2O. The third-order valence-corrected chi connectivity index (χ3v) is 2.09. The molecule has 0 unspecified atom stereocenters. The van der Waals surface area contributed by atoms with Crippen LogP contribution in [0.25, 0.3) is 5.70 Å². The summed E-state index contributed by atoms with van der Waals surface area (Å²) in [5.74, 6) is -2.08. The summed E-state index contributed by atoms with van der Waals surface area (Å²) >= 11 is 0. The van der Waals surface area contributed by atoms with Crippen LogP contribution in [0.1, 0.15) is 5.56 Å². The molecule has 0 atom stereocenters. The summed E-state index contributed by atoms with van der Waals surface area (Å²) in [6.07, 6.45) is 2.56. The van der Waals surface area contributed by atoms with Gasteiger partial charge in [-0.1, -0.05) is 0 Å². The van der Waals surface area contributed by atoms with Crippen molar-refractivity contribution in [3.63, 3.8) is 0 Å². The van der Waals surface area contributed by atoms with Gasteiger partial charge in [-0.05, 0) is 12.1 Å². The Morgan fingerprint density at radius 1 is 1.12 bits per heavy atom. The van der Waals surface area contributed by atoms with Crippen LogP contribution in [-0.2, 0) is 4.79 Å². The van der Waals surface area contributed by atoms with Crippen LogP contribution < -0.4 is 5.32 Å². The van der Waals surface area contributed by atoms with E-state index in [1.807, 2.05) is 0 Å². The average molecular weight is 238 g/mol. The normalized spacial score (nSPS) is 14.1. The number of halogens is 3. The molecule has 1 aliphatic rings. The van der Waals surface area contributed by atoms with Gasteiger partial charge in [-0.2, -0.15) is 0 Å². The Labute approximate surface area is 94.0 Å². The second kappa shape index (κ2) is 4.27. The number of aliphatic imine (C=N–C) groups is 1. The van der Waals surface area contributed by atoms with Gasteiger partial charge in [0.05, 0.1) is 5.70 Å². The molecule has 1 aromatic rings. The molecular weight excluding hydrogens is 233 g/mol. The first-order valence-electron chi connectivity index (χ1n) is 4.53. The van der Waals surface area contributed by atoms with E-state index in [1.165, 1.54) is 18.2 Å². The summed E-state index contributed by atoms with van der Waals surface area (Å²) in [5, 5.41) is 2.43. The number of hydrogen-bond donors (Lipinski definition) is 1. The van der Waals surface area contributed by atoms with Gasteiger partial charge in [-0.15, -0.1) is 0 Å². The number of allylic oxidation sites excluding steroid dienone is 1. The van der Waals surface area contributed by atoms with Crippen molar-refractivity contribution in [2.24, 2.45) is 4.99 Å². The van der Waals surface area contributed by atoms with Gasteiger partial charge in [-0.3, -0.25) is 0 Å². The summed E-state index contributed by atoms with van der Waals surface area (Å²) < 4.78 is 39.1. The van der Waals surface area contributed by atoms with E-state index in [4.69, 9.17) is 0 Å². The van der Waals surface area contributed by atoms with E-state index in [1.54, 1.807) is 0 Å². The molecule has 17 heavy (non-hydrogen) atoms. The molecule has 1 aromatic carbocycles. The van der Waals surface area contributed by atoms with Crippen LogP contribution in [0.5, 0.6) is 0 Å². The predicted molar refractivity (Wildman–Crippen MR) is 55.1 cm³/mol. The van der Waals surface area contributed by atoms with Gasteiger partial charge in [0.1, 0.15) is 5.82 Å². The molecule has 0 aromatic heterocycles. The Balaban J connectivity index is 2.48. The zero-order valence-electron chi connectivity index (χ0n) is 8.30. The van der Waals surface area contributed by atoms with E-state index >= 15 is 0 Å². The van der Waals surface area contributed by atoms with Crippen molar-refractivity contribution in [1.29, 1.82) is 0 Å². The summed E-state index contributed by atoms with van der Waals surface area (Å²) in [4.78, 5) is 13.9. The lowest BCUT2D eigenvalue weighted by atomic mass is 10.1. The fourth-order valence-electron chi connectivity index (χ4n) is 1.33. The number of benzene rings is 1. The summed E-state index contributed by atoms with van der Waals surface area (Å²) in [6, 6.07) is 1.13. The zero-order valence-corrected chi connectivity index (χ0v) is 8.30. The molecule has 1 heterocycles. The molecule has 1 aliphatic heterocycles. The first-order chi connectivity index (χ1) is 8.11. The lowest BCUT2D eigenvalue weighted by molar-refractivity contribution is 0.493. The molecule has 0 bridgehead atoms. The lowest BCUT2D eigenvalue weighted by Gasteiger charge is -2.12. The van der Waals surface area contributed by atoms with Crippen molar-refractivity contribution in [2.45, 2.75) is 0 Å². The van der Waals surface area contributed by atoms with Crippen LogP contribution in [0.2, 0.25) is 0 Å². The second-order valence-corrected chi connectivity index (χ2v) is 3.18. The first kappa shape index (κ1) is 11.2. The molecule has 86 valence electrons. The number of nitrogens with zero attached hydrogens (tertiary/aromatic N) is 1. The number of rotatable bonds is 1. The highest BCUT2D eigenvalue weighted by atomic mass is 19.2. The van der Waals surface area contributed by atoms with Gasteiger partial charge >= 0.3 is 0 Å². The minimum atomic E-state index is -1.28. The van der Waals surface area contributed by atoms with Crippen LogP contribution >= 0.6 is 0 Å². The second-order valence-electron chi connectivity index (χ2n) is 3.18. The van der Waals surface area contributed by atoms with Gasteiger partial charge < -0.3 is 5.32 Å². The van der Waals surface area contributed by atoms with Crippen LogP contribution in [0.15, 0.2) is 29.0 Å². The molecule has 6 heteroatoms. The fraction of sp³-hybridized carbons (Fsp3) is 0. The molecule has 0 saturated heterocycles. The Hall–Kier alpha value is -2.33. The Kier molecular flexibility index (Phi) is 2.80. The monoisotopic (exact) mass is 238 g/mol. The van der Waals surface area contributed by atoms with E-state index < -0.39 is 17.5 Å². The van der Waals surface area contributed by atoms with Crippen LogP contribution in [-0.4, -0.2) is 12.2 Å². The highest BCUT2D eigenvalue weighted by Gasteiger charge is 2.15. The molecule has 0 amide bonds. The van der Waals surface area contributed by atoms with Crippen molar-refractivity contribution in [2.75, 3.05) is 0 Å². The highest BCUT2D eigenvalue weighted by Crippen LogP contribution is 2.21. The number of nitrogens with one attached hydrogen (secondary N) is 1. The Morgan fingerprint density at radius 3 is 2.53 bits per heavy atom. The van der Waals surface area contributed by atoms with Crippen LogP contribution in [0.3, 0.4) is 0 Å². The summed E-state index contributed by atoms with van der Waals surface area (Å²) in [5.41, 5.74) is -0.0856. The van der Waals surface area contributed by atoms with Crippen molar-refractivity contribution in [3.05, 3.63) is 47.0 Å². The molecule has 2 rings (SSSR count). The molecule has 0 radical (unpaired) electrons. The molecule has 0 aliphatic carbocycles. The Morgan fingerprint density at radius 2 is 1.82 bits per heavy atom. The van der Waals surface area contributed by atoms with Crippen LogP contribution in [0, 0.1) is 17.5 Å². The first-order valence-corrected chi connectivity index (χ1v) is 4.53. The maximum absolute atomic E-state index is 13.4. The molecule has 0 saturated carbocycles. The molecule has 3 nitrogen and oxygen atoms in total.